The predicted molar refractivity (Wildman–Crippen MR) is 112 cm³/mol. The molecule has 2 aromatic rings. The second kappa shape index (κ2) is 8.73. The van der Waals surface area contributed by atoms with Gasteiger partial charge in [-0.2, -0.15) is 0 Å². The van der Waals surface area contributed by atoms with E-state index in [2.05, 4.69) is 5.32 Å². The fraction of sp³-hybridized carbons (Fsp3) is 0.381. The molecule has 1 N–H and O–H groups in total. The number of benzene rings is 2. The number of para-hydroxylation sites is 3. The molecule has 1 amide bonds. The number of carbonyl (C=O) groups is 1. The zero-order valence-electron chi connectivity index (χ0n) is 16.8. The number of ether oxygens (including phenoxy) is 2. The van der Waals surface area contributed by atoms with Gasteiger partial charge in [-0.3, -0.25) is 9.10 Å². The van der Waals surface area contributed by atoms with Crippen molar-refractivity contribution in [1.29, 1.82) is 0 Å². The Morgan fingerprint density at radius 3 is 2.66 bits per heavy atom. The standard InChI is InChI=1S/C21H26N2O5S/c1-4-29(25,26)23-13-20(28-19-12-8-6-10-17(19)23)21(24)22-16(3)14-27-18-11-7-5-9-15(18)2/h5-12,16,20H,4,13-14H2,1-3H3,(H,22,24)/t16-,20+/m1/s1. The number of carbonyl (C=O) groups excluding carboxylic acids is 1. The van der Waals surface area contributed by atoms with Gasteiger partial charge in [-0.15, -0.1) is 0 Å². The molecule has 0 spiro atoms. The number of hydrogen-bond donors (Lipinski definition) is 1. The number of sulfonamides is 1. The Bertz CT molecular complexity index is 977. The van der Waals surface area contributed by atoms with Crippen molar-refractivity contribution in [1.82, 2.24) is 5.32 Å². The van der Waals surface area contributed by atoms with Crippen molar-refractivity contribution < 1.29 is 22.7 Å². The van der Waals surface area contributed by atoms with Gasteiger partial charge in [0.1, 0.15) is 18.1 Å². The van der Waals surface area contributed by atoms with Crippen LogP contribution in [0.3, 0.4) is 0 Å². The largest absolute Gasteiger partial charge is 0.491 e. The van der Waals surface area contributed by atoms with E-state index in [1.165, 1.54) is 4.31 Å². The predicted octanol–water partition coefficient (Wildman–Crippen LogP) is 2.50. The third-order valence-electron chi connectivity index (χ3n) is 4.70. The summed E-state index contributed by atoms with van der Waals surface area (Å²) in [5, 5.41) is 2.85. The first-order valence-corrected chi connectivity index (χ1v) is 11.2. The van der Waals surface area contributed by atoms with Crippen LogP contribution in [0.4, 0.5) is 5.69 Å². The van der Waals surface area contributed by atoms with E-state index in [-0.39, 0.29) is 30.9 Å². The maximum atomic E-state index is 12.7. The smallest absolute Gasteiger partial charge is 0.263 e. The minimum absolute atomic E-state index is 0.0592. The molecule has 1 aliphatic rings. The van der Waals surface area contributed by atoms with Gasteiger partial charge in [0.2, 0.25) is 10.0 Å². The van der Waals surface area contributed by atoms with Crippen molar-refractivity contribution >= 4 is 21.6 Å². The molecule has 8 heteroatoms. The van der Waals surface area contributed by atoms with Crippen molar-refractivity contribution in [3.05, 3.63) is 54.1 Å². The minimum atomic E-state index is -3.53. The second-order valence-electron chi connectivity index (χ2n) is 6.99. The van der Waals surface area contributed by atoms with Crippen LogP contribution in [0, 0.1) is 6.92 Å². The van der Waals surface area contributed by atoms with E-state index in [1.807, 2.05) is 38.1 Å². The summed E-state index contributed by atoms with van der Waals surface area (Å²) in [6, 6.07) is 14.2. The molecule has 7 nitrogen and oxygen atoms in total. The molecule has 0 aliphatic carbocycles. The fourth-order valence-corrected chi connectivity index (χ4v) is 4.19. The molecule has 0 saturated carbocycles. The lowest BCUT2D eigenvalue weighted by atomic mass is 10.2. The van der Waals surface area contributed by atoms with Gasteiger partial charge in [-0.25, -0.2) is 8.42 Å². The quantitative estimate of drug-likeness (QED) is 0.747. The summed E-state index contributed by atoms with van der Waals surface area (Å²) in [6.07, 6.45) is -0.938. The molecule has 0 radical (unpaired) electrons. The number of amides is 1. The van der Waals surface area contributed by atoms with Gasteiger partial charge in [-0.05, 0) is 44.5 Å². The number of nitrogens with zero attached hydrogens (tertiary/aromatic N) is 1. The molecular weight excluding hydrogens is 392 g/mol. The lowest BCUT2D eigenvalue weighted by molar-refractivity contribution is -0.128. The van der Waals surface area contributed by atoms with Crippen molar-refractivity contribution in [2.24, 2.45) is 0 Å². The second-order valence-corrected chi connectivity index (χ2v) is 9.17. The highest BCUT2D eigenvalue weighted by Gasteiger charge is 2.36. The summed E-state index contributed by atoms with van der Waals surface area (Å²) in [7, 11) is -3.53. The van der Waals surface area contributed by atoms with Crippen molar-refractivity contribution in [2.45, 2.75) is 32.9 Å². The molecule has 3 rings (SSSR count). The Hall–Kier alpha value is -2.74. The maximum absolute atomic E-state index is 12.7. The summed E-state index contributed by atoms with van der Waals surface area (Å²) in [4.78, 5) is 12.7. The molecule has 0 unspecified atom stereocenters. The first-order chi connectivity index (χ1) is 13.8. The van der Waals surface area contributed by atoms with Crippen LogP contribution in [-0.2, 0) is 14.8 Å². The van der Waals surface area contributed by atoms with E-state index in [4.69, 9.17) is 9.47 Å². The summed E-state index contributed by atoms with van der Waals surface area (Å²) < 4.78 is 37.9. The van der Waals surface area contributed by atoms with Gasteiger partial charge in [0.05, 0.1) is 24.0 Å². The summed E-state index contributed by atoms with van der Waals surface area (Å²) in [6.45, 7) is 5.58. The molecule has 0 aromatic heterocycles. The molecule has 0 saturated heterocycles. The number of aryl methyl sites for hydroxylation is 1. The average Bonchev–Trinajstić information content (AvgIpc) is 2.72. The Kier molecular flexibility index (Phi) is 6.32. The van der Waals surface area contributed by atoms with E-state index in [1.54, 1.807) is 31.2 Å². The number of rotatable bonds is 7. The highest BCUT2D eigenvalue weighted by atomic mass is 32.2. The Balaban J connectivity index is 1.67. The van der Waals surface area contributed by atoms with Crippen molar-refractivity contribution in [3.8, 4) is 11.5 Å². The Morgan fingerprint density at radius 1 is 1.24 bits per heavy atom. The van der Waals surface area contributed by atoms with E-state index in [9.17, 15) is 13.2 Å². The maximum Gasteiger partial charge on any atom is 0.263 e. The van der Waals surface area contributed by atoms with Gasteiger partial charge < -0.3 is 14.8 Å². The molecular formula is C21H26N2O5S. The van der Waals surface area contributed by atoms with Crippen LogP contribution < -0.4 is 19.1 Å². The van der Waals surface area contributed by atoms with E-state index >= 15 is 0 Å². The van der Waals surface area contributed by atoms with Gasteiger partial charge in [-0.1, -0.05) is 30.3 Å². The molecule has 1 aliphatic heterocycles. The molecule has 29 heavy (non-hydrogen) atoms. The highest BCUT2D eigenvalue weighted by molar-refractivity contribution is 7.92. The number of nitrogens with one attached hydrogen (secondary N) is 1. The van der Waals surface area contributed by atoms with Crippen LogP contribution in [0.5, 0.6) is 11.5 Å². The van der Waals surface area contributed by atoms with Gasteiger partial charge in [0.15, 0.2) is 6.10 Å². The SMILES string of the molecule is CCS(=O)(=O)N1C[C@@H](C(=O)N[C@H](C)COc2ccccc2C)Oc2ccccc21. The summed E-state index contributed by atoms with van der Waals surface area (Å²) in [5.74, 6) is 0.698. The van der Waals surface area contributed by atoms with Gasteiger partial charge in [0, 0.05) is 0 Å². The normalized spacial score (nSPS) is 17.1. The summed E-state index contributed by atoms with van der Waals surface area (Å²) in [5.41, 5.74) is 1.47. The first kappa shape index (κ1) is 21.0. The van der Waals surface area contributed by atoms with Crippen molar-refractivity contribution in [2.75, 3.05) is 23.2 Å². The van der Waals surface area contributed by atoms with Crippen LogP contribution in [-0.4, -0.2) is 45.4 Å². The molecule has 0 bridgehead atoms. The Morgan fingerprint density at radius 2 is 1.93 bits per heavy atom. The summed E-state index contributed by atoms with van der Waals surface area (Å²) >= 11 is 0. The van der Waals surface area contributed by atoms with Crippen LogP contribution in [0.2, 0.25) is 0 Å². The van der Waals surface area contributed by atoms with Gasteiger partial charge in [0.25, 0.3) is 5.91 Å². The van der Waals surface area contributed by atoms with Crippen LogP contribution in [0.15, 0.2) is 48.5 Å². The third-order valence-corrected chi connectivity index (χ3v) is 6.45. The first-order valence-electron chi connectivity index (χ1n) is 9.56. The molecule has 2 atom stereocenters. The third kappa shape index (κ3) is 4.82. The van der Waals surface area contributed by atoms with Crippen LogP contribution in [0.1, 0.15) is 19.4 Å². The zero-order chi connectivity index (χ0) is 21.0. The molecule has 0 fully saturated rings. The zero-order valence-corrected chi connectivity index (χ0v) is 17.6. The fourth-order valence-electron chi connectivity index (χ4n) is 3.07. The number of fused-ring (bicyclic) bond motifs is 1. The van der Waals surface area contributed by atoms with Crippen LogP contribution in [0.25, 0.3) is 0 Å². The lowest BCUT2D eigenvalue weighted by Crippen LogP contribution is -2.53. The molecule has 156 valence electrons. The number of anilines is 1. The van der Waals surface area contributed by atoms with Crippen LogP contribution >= 0.6 is 0 Å². The molecule has 1 heterocycles. The van der Waals surface area contributed by atoms with E-state index in [0.717, 1.165) is 11.3 Å². The van der Waals surface area contributed by atoms with Crippen molar-refractivity contribution in [3.63, 3.8) is 0 Å². The van der Waals surface area contributed by atoms with E-state index in [0.29, 0.717) is 11.4 Å². The lowest BCUT2D eigenvalue weighted by Gasteiger charge is -2.34. The van der Waals surface area contributed by atoms with E-state index < -0.39 is 16.1 Å². The monoisotopic (exact) mass is 418 g/mol. The highest BCUT2D eigenvalue weighted by Crippen LogP contribution is 2.35. The topological polar surface area (TPSA) is 84.9 Å². The number of hydrogen-bond acceptors (Lipinski definition) is 5. The minimum Gasteiger partial charge on any atom is -0.491 e. The molecule has 2 aromatic carbocycles. The Labute approximate surface area is 171 Å². The van der Waals surface area contributed by atoms with Gasteiger partial charge >= 0.3 is 0 Å². The average molecular weight is 419 g/mol.